The van der Waals surface area contributed by atoms with Crippen molar-refractivity contribution in [3.05, 3.63) is 12.7 Å². The van der Waals surface area contributed by atoms with Crippen molar-refractivity contribution < 1.29 is 14.6 Å². The highest BCUT2D eigenvalue weighted by molar-refractivity contribution is 6.74. The van der Waals surface area contributed by atoms with Crippen LogP contribution in [0.3, 0.4) is 0 Å². The molecule has 0 spiro atoms. The Labute approximate surface area is 169 Å². The molecule has 1 rings (SSSR count). The molecule has 0 aromatic carbocycles. The molecule has 2 N–H and O–H groups in total. The number of allylic oxidation sites excluding steroid dienone is 1. The van der Waals surface area contributed by atoms with Crippen LogP contribution in [0.2, 0.25) is 18.1 Å². The van der Waals surface area contributed by atoms with Crippen LogP contribution < -0.4 is 0 Å². The standard InChI is InChI=1S/C23H46O3Si/c1-8-12-21-20(18(2)17-22(21)25)15-14-19(24)13-10-9-11-16-26-27(6,7)23(3,4)5/h8,18-22,24-25H,1,9-17H2,2-7H3/t18-,19?,20?,21-,22+/m1/s1. The summed E-state index contributed by atoms with van der Waals surface area (Å²) in [5.41, 5.74) is 0. The molecule has 160 valence electrons. The second-order valence-electron chi connectivity index (χ2n) is 10.3. The Bertz CT molecular complexity index is 430. The summed E-state index contributed by atoms with van der Waals surface area (Å²) in [6.45, 7) is 18.4. The number of hydrogen-bond donors (Lipinski definition) is 2. The highest BCUT2D eigenvalue weighted by Crippen LogP contribution is 2.42. The van der Waals surface area contributed by atoms with E-state index in [4.69, 9.17) is 4.43 Å². The summed E-state index contributed by atoms with van der Waals surface area (Å²) in [7, 11) is -1.62. The SMILES string of the molecule is C=CC[C@@H]1C(CCC(O)CCCCCO[Si](C)(C)C(C)(C)C)[C@H](C)C[C@@H]1O. The second kappa shape index (κ2) is 11.1. The Morgan fingerprint density at radius 2 is 1.81 bits per heavy atom. The third-order valence-electron chi connectivity index (χ3n) is 7.11. The second-order valence-corrected chi connectivity index (χ2v) is 15.1. The van der Waals surface area contributed by atoms with Gasteiger partial charge in [-0.25, -0.2) is 0 Å². The van der Waals surface area contributed by atoms with Crippen LogP contribution in [-0.2, 0) is 4.43 Å². The number of unbranched alkanes of at least 4 members (excludes halogenated alkanes) is 2. The molecule has 0 amide bonds. The number of hydrogen-bond acceptors (Lipinski definition) is 3. The summed E-state index contributed by atoms with van der Waals surface area (Å²) >= 11 is 0. The molecule has 1 fully saturated rings. The van der Waals surface area contributed by atoms with E-state index in [1.807, 2.05) is 6.08 Å². The van der Waals surface area contributed by atoms with Gasteiger partial charge < -0.3 is 14.6 Å². The first kappa shape index (κ1) is 24.9. The van der Waals surface area contributed by atoms with Gasteiger partial charge in [0, 0.05) is 6.61 Å². The summed E-state index contributed by atoms with van der Waals surface area (Å²) in [6.07, 6.45) is 9.37. The molecule has 1 aliphatic rings. The van der Waals surface area contributed by atoms with Crippen LogP contribution in [0.5, 0.6) is 0 Å². The van der Waals surface area contributed by atoms with Crippen molar-refractivity contribution in [3.63, 3.8) is 0 Å². The first-order chi connectivity index (χ1) is 12.5. The average molecular weight is 399 g/mol. The Balaban J connectivity index is 2.19. The van der Waals surface area contributed by atoms with E-state index in [1.165, 1.54) is 0 Å². The van der Waals surface area contributed by atoms with Gasteiger partial charge in [0.05, 0.1) is 12.2 Å². The minimum atomic E-state index is -1.62. The van der Waals surface area contributed by atoms with Gasteiger partial charge in [-0.2, -0.15) is 0 Å². The molecular weight excluding hydrogens is 352 g/mol. The van der Waals surface area contributed by atoms with Gasteiger partial charge in [0.15, 0.2) is 8.32 Å². The molecule has 0 aromatic rings. The van der Waals surface area contributed by atoms with E-state index < -0.39 is 8.32 Å². The molecule has 0 bridgehead atoms. The highest BCUT2D eigenvalue weighted by Gasteiger charge is 2.39. The normalized spacial score (nSPS) is 27.7. The lowest BCUT2D eigenvalue weighted by atomic mass is 9.83. The van der Waals surface area contributed by atoms with Gasteiger partial charge in [0.25, 0.3) is 0 Å². The van der Waals surface area contributed by atoms with Crippen LogP contribution in [0, 0.1) is 17.8 Å². The topological polar surface area (TPSA) is 49.7 Å². The number of aliphatic hydroxyl groups is 2. The molecule has 0 heterocycles. The van der Waals surface area contributed by atoms with E-state index >= 15 is 0 Å². The molecular formula is C23H46O3Si. The number of aliphatic hydroxyl groups excluding tert-OH is 2. The van der Waals surface area contributed by atoms with Crippen molar-refractivity contribution in [2.45, 2.75) is 109 Å². The van der Waals surface area contributed by atoms with Crippen molar-refractivity contribution in [3.8, 4) is 0 Å². The van der Waals surface area contributed by atoms with Gasteiger partial charge in [0.1, 0.15) is 0 Å². The maximum atomic E-state index is 10.4. The molecule has 3 nitrogen and oxygen atoms in total. The average Bonchev–Trinajstić information content (AvgIpc) is 2.81. The van der Waals surface area contributed by atoms with Crippen molar-refractivity contribution in [2.75, 3.05) is 6.61 Å². The minimum absolute atomic E-state index is 0.193. The molecule has 0 radical (unpaired) electrons. The smallest absolute Gasteiger partial charge is 0.191 e. The summed E-state index contributed by atoms with van der Waals surface area (Å²) < 4.78 is 6.22. The summed E-state index contributed by atoms with van der Waals surface area (Å²) in [6, 6.07) is 0. The van der Waals surface area contributed by atoms with Crippen LogP contribution in [0.4, 0.5) is 0 Å². The Morgan fingerprint density at radius 3 is 2.41 bits per heavy atom. The molecule has 1 aliphatic carbocycles. The number of rotatable bonds is 12. The first-order valence-corrected chi connectivity index (χ1v) is 14.0. The van der Waals surface area contributed by atoms with E-state index in [-0.39, 0.29) is 17.2 Å². The monoisotopic (exact) mass is 398 g/mol. The van der Waals surface area contributed by atoms with Crippen LogP contribution in [0.1, 0.15) is 79.1 Å². The van der Waals surface area contributed by atoms with Crippen LogP contribution in [-0.4, -0.2) is 37.3 Å². The molecule has 4 heteroatoms. The van der Waals surface area contributed by atoms with Crippen molar-refractivity contribution in [1.82, 2.24) is 0 Å². The van der Waals surface area contributed by atoms with E-state index in [0.29, 0.717) is 17.8 Å². The fourth-order valence-corrected chi connectivity index (χ4v) is 5.28. The summed E-state index contributed by atoms with van der Waals surface area (Å²) in [5, 5.41) is 20.9. The van der Waals surface area contributed by atoms with Crippen LogP contribution >= 0.6 is 0 Å². The Kier molecular flexibility index (Phi) is 10.3. The molecule has 2 unspecified atom stereocenters. The van der Waals surface area contributed by atoms with Gasteiger partial charge in [-0.05, 0) is 74.4 Å². The van der Waals surface area contributed by atoms with Crippen LogP contribution in [0.15, 0.2) is 12.7 Å². The Hall–Kier alpha value is -0.163. The van der Waals surface area contributed by atoms with E-state index in [1.54, 1.807) is 0 Å². The zero-order valence-corrected chi connectivity index (χ0v) is 19.8. The van der Waals surface area contributed by atoms with E-state index in [9.17, 15) is 10.2 Å². The first-order valence-electron chi connectivity index (χ1n) is 11.1. The fourth-order valence-electron chi connectivity index (χ4n) is 4.19. The lowest BCUT2D eigenvalue weighted by Gasteiger charge is -2.36. The molecule has 0 aliphatic heterocycles. The zero-order valence-electron chi connectivity index (χ0n) is 18.8. The summed E-state index contributed by atoms with van der Waals surface area (Å²) in [4.78, 5) is 0. The van der Waals surface area contributed by atoms with Gasteiger partial charge in [-0.3, -0.25) is 0 Å². The largest absolute Gasteiger partial charge is 0.417 e. The maximum absolute atomic E-state index is 10.4. The third kappa shape index (κ3) is 8.00. The van der Waals surface area contributed by atoms with Crippen molar-refractivity contribution in [2.24, 2.45) is 17.8 Å². The van der Waals surface area contributed by atoms with Gasteiger partial charge in [0.2, 0.25) is 0 Å². The quantitative estimate of drug-likeness (QED) is 0.244. The van der Waals surface area contributed by atoms with Gasteiger partial charge in [-0.1, -0.05) is 46.6 Å². The lowest BCUT2D eigenvalue weighted by Crippen LogP contribution is -2.40. The zero-order chi connectivity index (χ0) is 20.7. The van der Waals surface area contributed by atoms with Crippen molar-refractivity contribution in [1.29, 1.82) is 0 Å². The molecule has 0 saturated heterocycles. The predicted octanol–water partition coefficient (Wildman–Crippen LogP) is 5.92. The van der Waals surface area contributed by atoms with Crippen LogP contribution in [0.25, 0.3) is 0 Å². The molecule has 0 aromatic heterocycles. The molecule has 5 atom stereocenters. The third-order valence-corrected chi connectivity index (χ3v) is 11.6. The van der Waals surface area contributed by atoms with E-state index in [2.05, 4.69) is 47.4 Å². The highest BCUT2D eigenvalue weighted by atomic mass is 28.4. The predicted molar refractivity (Wildman–Crippen MR) is 118 cm³/mol. The Morgan fingerprint density at radius 1 is 1.15 bits per heavy atom. The fraction of sp³-hybridized carbons (Fsp3) is 0.913. The lowest BCUT2D eigenvalue weighted by molar-refractivity contribution is 0.103. The molecule has 27 heavy (non-hydrogen) atoms. The molecule has 1 saturated carbocycles. The van der Waals surface area contributed by atoms with Gasteiger partial charge in [-0.15, -0.1) is 6.58 Å². The van der Waals surface area contributed by atoms with E-state index in [0.717, 1.165) is 58.0 Å². The minimum Gasteiger partial charge on any atom is -0.417 e. The maximum Gasteiger partial charge on any atom is 0.191 e. The summed E-state index contributed by atoms with van der Waals surface area (Å²) in [5.74, 6) is 1.40. The van der Waals surface area contributed by atoms with Crippen molar-refractivity contribution >= 4 is 8.32 Å². The van der Waals surface area contributed by atoms with Gasteiger partial charge >= 0.3 is 0 Å².